The Hall–Kier alpha value is -2.66. The molecule has 5 nitrogen and oxygen atoms in total. The van der Waals surface area contributed by atoms with Gasteiger partial charge in [-0.15, -0.1) is 0 Å². The van der Waals surface area contributed by atoms with Crippen LogP contribution in [0.5, 0.6) is 5.75 Å². The second kappa shape index (κ2) is 7.30. The van der Waals surface area contributed by atoms with Crippen molar-refractivity contribution in [2.45, 2.75) is 18.8 Å². The SMILES string of the molecule is COc1cccc(-c2[nH]c(C3CCN(C)CC3)nc2-c2ccncc2)c1. The van der Waals surface area contributed by atoms with Gasteiger partial charge in [-0.25, -0.2) is 4.98 Å². The van der Waals surface area contributed by atoms with E-state index in [0.29, 0.717) is 5.92 Å². The molecule has 134 valence electrons. The van der Waals surface area contributed by atoms with Gasteiger partial charge in [0.1, 0.15) is 11.6 Å². The smallest absolute Gasteiger partial charge is 0.119 e. The number of imidazole rings is 1. The average molecular weight is 348 g/mol. The predicted octanol–water partition coefficient (Wildman–Crippen LogP) is 3.96. The molecule has 26 heavy (non-hydrogen) atoms. The Balaban J connectivity index is 1.78. The first-order valence-corrected chi connectivity index (χ1v) is 9.08. The van der Waals surface area contributed by atoms with E-state index in [2.05, 4.69) is 34.0 Å². The van der Waals surface area contributed by atoms with Crippen molar-refractivity contribution in [1.29, 1.82) is 0 Å². The summed E-state index contributed by atoms with van der Waals surface area (Å²) in [5.74, 6) is 2.41. The summed E-state index contributed by atoms with van der Waals surface area (Å²) < 4.78 is 5.41. The van der Waals surface area contributed by atoms with Crippen LogP contribution in [0.25, 0.3) is 22.5 Å². The number of methoxy groups -OCH3 is 1. The molecule has 1 saturated heterocycles. The first kappa shape index (κ1) is 16.8. The number of ether oxygens (including phenoxy) is 1. The van der Waals surface area contributed by atoms with Crippen LogP contribution in [0, 0.1) is 0 Å². The highest BCUT2D eigenvalue weighted by molar-refractivity contribution is 5.78. The van der Waals surface area contributed by atoms with Crippen LogP contribution in [-0.2, 0) is 0 Å². The third-order valence-electron chi connectivity index (χ3n) is 5.14. The van der Waals surface area contributed by atoms with Crippen molar-refractivity contribution in [3.63, 3.8) is 0 Å². The van der Waals surface area contributed by atoms with Gasteiger partial charge in [0, 0.05) is 29.4 Å². The Kier molecular flexibility index (Phi) is 4.71. The number of hydrogen-bond acceptors (Lipinski definition) is 4. The number of nitrogens with zero attached hydrogens (tertiary/aromatic N) is 3. The van der Waals surface area contributed by atoms with E-state index < -0.39 is 0 Å². The number of aromatic amines is 1. The standard InChI is InChI=1S/C21H24N4O/c1-25-12-8-16(9-13-25)21-23-19(15-6-10-22-11-7-15)20(24-21)17-4-3-5-18(14-17)26-2/h3-7,10-11,14,16H,8-9,12-13H2,1-2H3,(H,23,24). The number of aromatic nitrogens is 3. The van der Waals surface area contributed by atoms with Gasteiger partial charge in [0.25, 0.3) is 0 Å². The molecule has 1 N–H and O–H groups in total. The normalized spacial score (nSPS) is 15.9. The maximum atomic E-state index is 5.41. The van der Waals surface area contributed by atoms with Crippen molar-refractivity contribution >= 4 is 0 Å². The minimum atomic E-state index is 0.478. The molecule has 0 atom stereocenters. The largest absolute Gasteiger partial charge is 0.497 e. The van der Waals surface area contributed by atoms with Gasteiger partial charge in [-0.1, -0.05) is 12.1 Å². The topological polar surface area (TPSA) is 54.0 Å². The zero-order chi connectivity index (χ0) is 17.9. The second-order valence-electron chi connectivity index (χ2n) is 6.89. The molecule has 0 bridgehead atoms. The highest BCUT2D eigenvalue weighted by atomic mass is 16.5. The molecule has 0 spiro atoms. The highest BCUT2D eigenvalue weighted by Crippen LogP contribution is 2.35. The summed E-state index contributed by atoms with van der Waals surface area (Å²) in [5.41, 5.74) is 4.19. The lowest BCUT2D eigenvalue weighted by Gasteiger charge is -2.27. The number of rotatable bonds is 4. The predicted molar refractivity (Wildman–Crippen MR) is 103 cm³/mol. The highest BCUT2D eigenvalue weighted by Gasteiger charge is 2.24. The van der Waals surface area contributed by atoms with Crippen LogP contribution in [0.15, 0.2) is 48.8 Å². The Morgan fingerprint density at radius 1 is 1.08 bits per heavy atom. The minimum Gasteiger partial charge on any atom is -0.497 e. The fourth-order valence-corrected chi connectivity index (χ4v) is 3.57. The second-order valence-corrected chi connectivity index (χ2v) is 6.89. The van der Waals surface area contributed by atoms with E-state index in [9.17, 15) is 0 Å². The van der Waals surface area contributed by atoms with Crippen molar-refractivity contribution in [2.75, 3.05) is 27.2 Å². The minimum absolute atomic E-state index is 0.478. The summed E-state index contributed by atoms with van der Waals surface area (Å²) in [7, 11) is 3.88. The molecular formula is C21H24N4O. The van der Waals surface area contributed by atoms with Crippen molar-refractivity contribution in [3.8, 4) is 28.3 Å². The summed E-state index contributed by atoms with van der Waals surface area (Å²) in [5, 5.41) is 0. The summed E-state index contributed by atoms with van der Waals surface area (Å²) in [4.78, 5) is 15.2. The Labute approximate surface area is 154 Å². The van der Waals surface area contributed by atoms with Crippen LogP contribution in [0.2, 0.25) is 0 Å². The molecule has 5 heteroatoms. The Morgan fingerprint density at radius 2 is 1.85 bits per heavy atom. The lowest BCUT2D eigenvalue weighted by Crippen LogP contribution is -2.29. The number of pyridine rings is 1. The number of likely N-dealkylation sites (tertiary alicyclic amines) is 1. The molecule has 2 aromatic heterocycles. The Bertz CT molecular complexity index is 867. The number of hydrogen-bond donors (Lipinski definition) is 1. The van der Waals surface area contributed by atoms with Gasteiger partial charge in [-0.3, -0.25) is 4.98 Å². The van der Waals surface area contributed by atoms with Crippen molar-refractivity contribution in [2.24, 2.45) is 0 Å². The van der Waals surface area contributed by atoms with Crippen LogP contribution in [0.4, 0.5) is 0 Å². The lowest BCUT2D eigenvalue weighted by molar-refractivity contribution is 0.251. The molecule has 1 aromatic carbocycles. The number of nitrogens with one attached hydrogen (secondary N) is 1. The average Bonchev–Trinajstić information content (AvgIpc) is 3.15. The van der Waals surface area contributed by atoms with E-state index in [1.54, 1.807) is 7.11 Å². The molecule has 1 aliphatic rings. The van der Waals surface area contributed by atoms with E-state index in [1.165, 1.54) is 0 Å². The lowest BCUT2D eigenvalue weighted by atomic mass is 9.96. The van der Waals surface area contributed by atoms with Crippen LogP contribution in [-0.4, -0.2) is 47.1 Å². The quantitative estimate of drug-likeness (QED) is 0.775. The third kappa shape index (κ3) is 3.35. The zero-order valence-electron chi connectivity index (χ0n) is 15.3. The number of piperidine rings is 1. The van der Waals surface area contributed by atoms with Crippen molar-refractivity contribution < 1.29 is 4.74 Å². The monoisotopic (exact) mass is 348 g/mol. The van der Waals surface area contributed by atoms with Crippen LogP contribution >= 0.6 is 0 Å². The summed E-state index contributed by atoms with van der Waals surface area (Å²) >= 11 is 0. The van der Waals surface area contributed by atoms with Gasteiger partial charge < -0.3 is 14.6 Å². The summed E-state index contributed by atoms with van der Waals surface area (Å²) in [6.45, 7) is 2.23. The first-order valence-electron chi connectivity index (χ1n) is 9.08. The summed E-state index contributed by atoms with van der Waals surface area (Å²) in [6, 6.07) is 12.1. The molecule has 0 amide bonds. The maximum absolute atomic E-state index is 5.41. The molecular weight excluding hydrogens is 324 g/mol. The van der Waals surface area contributed by atoms with Crippen LogP contribution in [0.1, 0.15) is 24.6 Å². The maximum Gasteiger partial charge on any atom is 0.119 e. The molecule has 3 aromatic rings. The molecule has 0 saturated carbocycles. The van der Waals surface area contributed by atoms with Crippen molar-refractivity contribution in [3.05, 3.63) is 54.6 Å². The number of H-pyrrole nitrogens is 1. The third-order valence-corrected chi connectivity index (χ3v) is 5.14. The molecule has 0 radical (unpaired) electrons. The molecule has 1 aliphatic heterocycles. The summed E-state index contributed by atoms with van der Waals surface area (Å²) in [6.07, 6.45) is 5.90. The van der Waals surface area contributed by atoms with Crippen LogP contribution < -0.4 is 4.74 Å². The van der Waals surface area contributed by atoms with E-state index >= 15 is 0 Å². The van der Waals surface area contributed by atoms with Gasteiger partial charge in [-0.2, -0.15) is 0 Å². The molecule has 3 heterocycles. The van der Waals surface area contributed by atoms with E-state index in [1.807, 2.05) is 36.7 Å². The molecule has 1 fully saturated rings. The molecule has 0 unspecified atom stereocenters. The first-order chi connectivity index (χ1) is 12.7. The van der Waals surface area contributed by atoms with E-state index in [0.717, 1.165) is 60.0 Å². The molecule has 0 aliphatic carbocycles. The fraction of sp³-hybridized carbons (Fsp3) is 0.333. The van der Waals surface area contributed by atoms with Gasteiger partial charge in [0.05, 0.1) is 18.5 Å². The molecule has 4 rings (SSSR count). The number of benzene rings is 1. The van der Waals surface area contributed by atoms with E-state index in [-0.39, 0.29) is 0 Å². The zero-order valence-corrected chi connectivity index (χ0v) is 15.3. The fourth-order valence-electron chi connectivity index (χ4n) is 3.57. The van der Waals surface area contributed by atoms with Crippen molar-refractivity contribution in [1.82, 2.24) is 19.9 Å². The van der Waals surface area contributed by atoms with Gasteiger partial charge in [-0.05, 0) is 57.2 Å². The van der Waals surface area contributed by atoms with Gasteiger partial charge >= 0.3 is 0 Å². The Morgan fingerprint density at radius 3 is 2.58 bits per heavy atom. The van der Waals surface area contributed by atoms with E-state index in [4.69, 9.17) is 9.72 Å². The van der Waals surface area contributed by atoms with Gasteiger partial charge in [0.15, 0.2) is 0 Å². The van der Waals surface area contributed by atoms with Crippen LogP contribution in [0.3, 0.4) is 0 Å². The van der Waals surface area contributed by atoms with Gasteiger partial charge in [0.2, 0.25) is 0 Å².